The van der Waals surface area contributed by atoms with Crippen LogP contribution < -0.4 is 14.8 Å². The number of hydrogen-bond acceptors (Lipinski definition) is 6. The average Bonchev–Trinajstić information content (AvgIpc) is 3.07. The first-order valence-corrected chi connectivity index (χ1v) is 11.6. The Morgan fingerprint density at radius 2 is 1.42 bits per heavy atom. The van der Waals surface area contributed by atoms with Crippen LogP contribution in [0.4, 0.5) is 0 Å². The molecule has 1 aliphatic heterocycles. The molecule has 1 aliphatic rings. The van der Waals surface area contributed by atoms with E-state index in [9.17, 15) is 0 Å². The van der Waals surface area contributed by atoms with E-state index in [1.54, 1.807) is 6.20 Å². The highest BCUT2D eigenvalue weighted by atomic mass is 35.5. The summed E-state index contributed by atoms with van der Waals surface area (Å²) in [7, 11) is 0. The fourth-order valence-corrected chi connectivity index (χ4v) is 4.32. The summed E-state index contributed by atoms with van der Waals surface area (Å²) < 4.78 is 11.3. The van der Waals surface area contributed by atoms with Gasteiger partial charge in [0.1, 0.15) is 11.4 Å². The van der Waals surface area contributed by atoms with Crippen LogP contribution in [-0.2, 0) is 11.1 Å². The maximum Gasteiger partial charge on any atom is 0.319 e. The van der Waals surface area contributed by atoms with E-state index >= 15 is 0 Å². The van der Waals surface area contributed by atoms with E-state index in [1.165, 1.54) is 0 Å². The van der Waals surface area contributed by atoms with Gasteiger partial charge in [0.25, 0.3) is 0 Å². The highest BCUT2D eigenvalue weighted by Crippen LogP contribution is 2.48. The van der Waals surface area contributed by atoms with Crippen LogP contribution in [0.5, 0.6) is 11.9 Å². The van der Waals surface area contributed by atoms with E-state index in [2.05, 4.69) is 29.1 Å². The van der Waals surface area contributed by atoms with Crippen molar-refractivity contribution in [2.75, 3.05) is 13.2 Å². The number of hydrogen-bond donors (Lipinski definition) is 1. The summed E-state index contributed by atoms with van der Waals surface area (Å²) in [6.45, 7) is 8.93. The number of nitrogens with zero attached hydrogens (tertiary/aromatic N) is 3. The molecule has 33 heavy (non-hydrogen) atoms. The van der Waals surface area contributed by atoms with Gasteiger partial charge in [-0.05, 0) is 63.1 Å². The number of nitrogens with one attached hydrogen (secondary N) is 1. The molecule has 0 saturated carbocycles. The Morgan fingerprint density at radius 3 is 2.00 bits per heavy atom. The van der Waals surface area contributed by atoms with Gasteiger partial charge >= 0.3 is 6.01 Å². The Kier molecular flexibility index (Phi) is 6.50. The minimum absolute atomic E-state index is 0.268. The zero-order chi connectivity index (χ0) is 23.6. The van der Waals surface area contributed by atoms with Crippen molar-refractivity contribution in [3.8, 4) is 11.9 Å². The minimum Gasteiger partial charge on any atom is -0.477 e. The molecule has 0 saturated heterocycles. The maximum absolute atomic E-state index is 6.18. The van der Waals surface area contributed by atoms with Gasteiger partial charge in [0.2, 0.25) is 5.88 Å². The maximum atomic E-state index is 6.18. The summed E-state index contributed by atoms with van der Waals surface area (Å²) in [6, 6.07) is 15.8. The van der Waals surface area contributed by atoms with E-state index in [0.717, 1.165) is 11.1 Å². The van der Waals surface area contributed by atoms with Gasteiger partial charge in [-0.3, -0.25) is 4.99 Å². The third kappa shape index (κ3) is 4.25. The Labute approximate surface area is 204 Å². The lowest BCUT2D eigenvalue weighted by atomic mass is 9.72. The van der Waals surface area contributed by atoms with Gasteiger partial charge in [0, 0.05) is 16.2 Å². The second-order valence-corrected chi connectivity index (χ2v) is 8.91. The number of aliphatic imine (C=N–C) groups is 1. The molecule has 0 bridgehead atoms. The van der Waals surface area contributed by atoms with Gasteiger partial charge in [-0.15, -0.1) is 0 Å². The Morgan fingerprint density at radius 1 is 0.848 bits per heavy atom. The van der Waals surface area contributed by atoms with Crippen molar-refractivity contribution < 1.29 is 9.47 Å². The molecule has 0 spiro atoms. The van der Waals surface area contributed by atoms with Crippen LogP contribution in [0.1, 0.15) is 44.4 Å². The third-order valence-electron chi connectivity index (χ3n) is 6.05. The van der Waals surface area contributed by atoms with Crippen molar-refractivity contribution in [3.05, 3.63) is 81.5 Å². The van der Waals surface area contributed by atoms with Crippen molar-refractivity contribution in [2.45, 2.75) is 38.8 Å². The molecule has 0 amide bonds. The number of aromatic nitrogens is 2. The van der Waals surface area contributed by atoms with Gasteiger partial charge in [0.05, 0.1) is 24.3 Å². The van der Waals surface area contributed by atoms with Gasteiger partial charge < -0.3 is 14.8 Å². The van der Waals surface area contributed by atoms with Crippen molar-refractivity contribution in [2.24, 2.45) is 4.99 Å². The van der Waals surface area contributed by atoms with E-state index in [4.69, 9.17) is 37.7 Å². The zero-order valence-electron chi connectivity index (χ0n) is 19.0. The van der Waals surface area contributed by atoms with Crippen molar-refractivity contribution >= 4 is 29.0 Å². The van der Waals surface area contributed by atoms with Crippen molar-refractivity contribution in [3.63, 3.8) is 0 Å². The van der Waals surface area contributed by atoms with E-state index < -0.39 is 11.1 Å². The van der Waals surface area contributed by atoms with Crippen LogP contribution >= 0.6 is 23.2 Å². The molecule has 0 radical (unpaired) electrons. The highest BCUT2D eigenvalue weighted by Gasteiger charge is 2.52. The number of benzene rings is 2. The van der Waals surface area contributed by atoms with E-state index in [0.29, 0.717) is 40.5 Å². The first-order valence-electron chi connectivity index (χ1n) is 10.8. The molecule has 0 fully saturated rings. The summed E-state index contributed by atoms with van der Waals surface area (Å²) in [5.74, 6) is 1.05. The van der Waals surface area contributed by atoms with Crippen LogP contribution in [0, 0.1) is 0 Å². The molecule has 172 valence electrons. The Balaban J connectivity index is 1.87. The summed E-state index contributed by atoms with van der Waals surface area (Å²) in [5.41, 5.74) is 1.42. The molecule has 8 heteroatoms. The van der Waals surface area contributed by atoms with Crippen molar-refractivity contribution in [1.29, 1.82) is 0 Å². The Hall–Kier alpha value is -2.83. The summed E-state index contributed by atoms with van der Waals surface area (Å²) >= 11 is 12.4. The number of rotatable bonds is 7. The summed E-state index contributed by atoms with van der Waals surface area (Å²) in [6.07, 6.45) is 1.69. The van der Waals surface area contributed by atoms with E-state index in [1.807, 2.05) is 62.4 Å². The first kappa shape index (κ1) is 23.3. The Bertz CT molecular complexity index is 1170. The lowest BCUT2D eigenvalue weighted by Gasteiger charge is -2.40. The van der Waals surface area contributed by atoms with Crippen molar-refractivity contribution in [1.82, 2.24) is 15.3 Å². The zero-order valence-corrected chi connectivity index (χ0v) is 20.5. The van der Waals surface area contributed by atoms with Gasteiger partial charge in [-0.25, -0.2) is 4.98 Å². The molecule has 2 aromatic carbocycles. The molecule has 2 atom stereocenters. The summed E-state index contributed by atoms with van der Waals surface area (Å²) in [4.78, 5) is 14.0. The van der Waals surface area contributed by atoms with Crippen LogP contribution in [-0.4, -0.2) is 29.0 Å². The number of ether oxygens (including phenoxy) is 2. The van der Waals surface area contributed by atoms with Crippen LogP contribution in [0.2, 0.25) is 10.0 Å². The molecule has 2 heterocycles. The molecule has 0 unspecified atom stereocenters. The molecule has 0 aliphatic carbocycles. The normalized spacial score (nSPS) is 21.9. The highest BCUT2D eigenvalue weighted by molar-refractivity contribution is 6.30. The second-order valence-electron chi connectivity index (χ2n) is 8.03. The third-order valence-corrected chi connectivity index (χ3v) is 6.55. The second kappa shape index (κ2) is 9.20. The predicted octanol–water partition coefficient (Wildman–Crippen LogP) is 5.76. The van der Waals surface area contributed by atoms with Crippen LogP contribution in [0.15, 0.2) is 59.7 Å². The molecule has 1 aromatic heterocycles. The standard InChI is InChI=1S/C25H26Cl2N4O2/c1-5-32-22-20(15-28-23(29-22)33-6-2)21-30-24(3,16-7-11-18(26)12-8-16)25(4,31-21)17-9-13-19(27)14-10-17/h7-15H,5-6H2,1-4H3,(H,30,31)/t24-,25+. The van der Waals surface area contributed by atoms with Crippen LogP contribution in [0.3, 0.4) is 0 Å². The van der Waals surface area contributed by atoms with Crippen LogP contribution in [0.25, 0.3) is 0 Å². The first-order chi connectivity index (χ1) is 15.8. The fourth-order valence-electron chi connectivity index (χ4n) is 4.07. The number of halogens is 2. The van der Waals surface area contributed by atoms with Gasteiger partial charge in [-0.1, -0.05) is 47.5 Å². The lowest BCUT2D eigenvalue weighted by Crippen LogP contribution is -2.50. The SMILES string of the molecule is CCOc1ncc(C2=N[C@@](C)(c3ccc(Cl)cc3)[C@@](C)(c3ccc(Cl)cc3)N2)c(OCC)n1. The molecule has 1 N–H and O–H groups in total. The monoisotopic (exact) mass is 484 g/mol. The molecule has 6 nitrogen and oxygen atoms in total. The fraction of sp³-hybridized carbons (Fsp3) is 0.320. The van der Waals surface area contributed by atoms with Gasteiger partial charge in [0.15, 0.2) is 0 Å². The largest absolute Gasteiger partial charge is 0.477 e. The summed E-state index contributed by atoms with van der Waals surface area (Å²) in [5, 5.41) is 4.99. The molecule has 4 rings (SSSR count). The van der Waals surface area contributed by atoms with E-state index in [-0.39, 0.29) is 6.01 Å². The quantitative estimate of drug-likeness (QED) is 0.461. The predicted molar refractivity (Wildman–Crippen MR) is 132 cm³/mol. The minimum atomic E-state index is -0.678. The molecular formula is C25H26Cl2N4O2. The number of amidine groups is 1. The molecular weight excluding hydrogens is 459 g/mol. The smallest absolute Gasteiger partial charge is 0.319 e. The van der Waals surface area contributed by atoms with Gasteiger partial charge in [-0.2, -0.15) is 4.98 Å². The lowest BCUT2D eigenvalue weighted by molar-refractivity contribution is 0.268. The average molecular weight is 485 g/mol. The topological polar surface area (TPSA) is 68.6 Å². The molecule has 3 aromatic rings.